The zero-order valence-electron chi connectivity index (χ0n) is 16.1. The van der Waals surface area contributed by atoms with Crippen molar-refractivity contribution in [1.29, 1.82) is 0 Å². The summed E-state index contributed by atoms with van der Waals surface area (Å²) in [6, 6.07) is 10.4. The van der Waals surface area contributed by atoms with Crippen molar-refractivity contribution in [3.05, 3.63) is 48.3 Å². The zero-order valence-corrected chi connectivity index (χ0v) is 16.1. The van der Waals surface area contributed by atoms with Crippen LogP contribution in [0, 0.1) is 12.3 Å². The van der Waals surface area contributed by atoms with E-state index in [1.807, 2.05) is 16.7 Å². The molecule has 132 valence electrons. The third-order valence-corrected chi connectivity index (χ3v) is 4.16. The highest BCUT2D eigenvalue weighted by Gasteiger charge is 2.28. The van der Waals surface area contributed by atoms with Crippen molar-refractivity contribution < 1.29 is 0 Å². The van der Waals surface area contributed by atoms with Crippen LogP contribution >= 0.6 is 0 Å². The van der Waals surface area contributed by atoms with E-state index in [2.05, 4.69) is 76.1 Å². The van der Waals surface area contributed by atoms with Crippen LogP contribution < -0.4 is 5.32 Å². The number of nitrogens with zero attached hydrogens (tertiary/aromatic N) is 3. The normalized spacial score (nSPS) is 12.6. The maximum absolute atomic E-state index is 4.78. The molecule has 0 amide bonds. The first kappa shape index (κ1) is 17.5. The molecule has 3 aromatic rings. The summed E-state index contributed by atoms with van der Waals surface area (Å²) in [6.45, 7) is 13.4. The highest BCUT2D eigenvalue weighted by molar-refractivity contribution is 5.76. The summed E-state index contributed by atoms with van der Waals surface area (Å²) in [5.74, 6) is 1.72. The Morgan fingerprint density at radius 3 is 2.36 bits per heavy atom. The molecular formula is C21H28N4. The van der Waals surface area contributed by atoms with Crippen molar-refractivity contribution in [3.63, 3.8) is 0 Å². The van der Waals surface area contributed by atoms with Gasteiger partial charge in [-0.3, -0.25) is 4.40 Å². The van der Waals surface area contributed by atoms with Crippen LogP contribution in [0.4, 0.5) is 5.82 Å². The molecule has 2 aromatic heterocycles. The molecule has 0 aliphatic carbocycles. The molecule has 25 heavy (non-hydrogen) atoms. The van der Waals surface area contributed by atoms with Gasteiger partial charge in [0.1, 0.15) is 11.5 Å². The summed E-state index contributed by atoms with van der Waals surface area (Å²) >= 11 is 0. The average Bonchev–Trinajstić information content (AvgIpc) is 2.84. The number of nitrogens with one attached hydrogen (secondary N) is 1. The molecule has 2 heterocycles. The molecule has 3 rings (SSSR count). The van der Waals surface area contributed by atoms with E-state index >= 15 is 0 Å². The van der Waals surface area contributed by atoms with E-state index < -0.39 is 0 Å². The first-order chi connectivity index (χ1) is 11.6. The van der Waals surface area contributed by atoms with Gasteiger partial charge in [0, 0.05) is 23.5 Å². The second kappa shape index (κ2) is 6.17. The molecule has 0 saturated carbocycles. The van der Waals surface area contributed by atoms with Gasteiger partial charge in [-0.1, -0.05) is 50.6 Å². The van der Waals surface area contributed by atoms with Gasteiger partial charge in [0.15, 0.2) is 0 Å². The molecule has 0 radical (unpaired) electrons. The first-order valence-electron chi connectivity index (χ1n) is 8.83. The second-order valence-electron chi connectivity index (χ2n) is 8.71. The summed E-state index contributed by atoms with van der Waals surface area (Å²) in [7, 11) is 0. The molecule has 1 aromatic carbocycles. The van der Waals surface area contributed by atoms with Crippen LogP contribution in [0.1, 0.15) is 46.6 Å². The Morgan fingerprint density at radius 2 is 1.72 bits per heavy atom. The van der Waals surface area contributed by atoms with Crippen molar-refractivity contribution in [3.8, 4) is 11.3 Å². The summed E-state index contributed by atoms with van der Waals surface area (Å²) in [4.78, 5) is 9.20. The molecule has 0 aliphatic heterocycles. The highest BCUT2D eigenvalue weighted by atomic mass is 15.2. The smallest absolute Gasteiger partial charge is 0.235 e. The Hall–Kier alpha value is -2.36. The maximum atomic E-state index is 4.78. The topological polar surface area (TPSA) is 42.2 Å². The van der Waals surface area contributed by atoms with Gasteiger partial charge >= 0.3 is 0 Å². The van der Waals surface area contributed by atoms with Crippen molar-refractivity contribution >= 4 is 11.6 Å². The lowest BCUT2D eigenvalue weighted by Gasteiger charge is -2.34. The van der Waals surface area contributed by atoms with Crippen LogP contribution in [-0.2, 0) is 0 Å². The molecule has 4 nitrogen and oxygen atoms in total. The van der Waals surface area contributed by atoms with Gasteiger partial charge in [0.25, 0.3) is 0 Å². The molecule has 0 atom stereocenters. The average molecular weight is 336 g/mol. The van der Waals surface area contributed by atoms with Crippen LogP contribution in [0.5, 0.6) is 0 Å². The van der Waals surface area contributed by atoms with Crippen molar-refractivity contribution in [1.82, 2.24) is 14.4 Å². The standard InChI is InChI=1S/C21H28N4/c1-15-8-10-16(11-9-15)17-18(24-21(5,6)14-20(2,3)4)25-13-7-12-22-19(25)23-17/h7-13,24H,14H2,1-6H3. The number of rotatable bonds is 4. The Kier molecular flexibility index (Phi) is 4.31. The summed E-state index contributed by atoms with van der Waals surface area (Å²) in [5, 5.41) is 3.74. The monoisotopic (exact) mass is 336 g/mol. The van der Waals surface area contributed by atoms with Crippen LogP contribution in [0.15, 0.2) is 42.7 Å². The van der Waals surface area contributed by atoms with E-state index in [9.17, 15) is 0 Å². The molecule has 1 N–H and O–H groups in total. The predicted octanol–water partition coefficient (Wildman–Crippen LogP) is 5.33. The van der Waals surface area contributed by atoms with E-state index in [-0.39, 0.29) is 11.0 Å². The SMILES string of the molecule is Cc1ccc(-c2nc3ncccn3c2NC(C)(C)CC(C)(C)C)cc1. The maximum Gasteiger partial charge on any atom is 0.235 e. The van der Waals surface area contributed by atoms with Crippen LogP contribution in [0.2, 0.25) is 0 Å². The van der Waals surface area contributed by atoms with Gasteiger partial charge in [0.2, 0.25) is 5.78 Å². The number of benzene rings is 1. The van der Waals surface area contributed by atoms with E-state index in [1.54, 1.807) is 6.20 Å². The van der Waals surface area contributed by atoms with Gasteiger partial charge in [-0.25, -0.2) is 9.97 Å². The molecule has 0 unspecified atom stereocenters. The fourth-order valence-corrected chi connectivity index (χ4v) is 3.61. The van der Waals surface area contributed by atoms with Crippen molar-refractivity contribution in [2.24, 2.45) is 5.41 Å². The third-order valence-electron chi connectivity index (χ3n) is 4.16. The van der Waals surface area contributed by atoms with E-state index in [4.69, 9.17) is 4.98 Å². The Bertz CT molecular complexity index is 867. The fourth-order valence-electron chi connectivity index (χ4n) is 3.61. The molecule has 0 bridgehead atoms. The molecule has 0 spiro atoms. The van der Waals surface area contributed by atoms with E-state index in [0.29, 0.717) is 5.78 Å². The Morgan fingerprint density at radius 1 is 1.04 bits per heavy atom. The minimum absolute atomic E-state index is 0.0660. The first-order valence-corrected chi connectivity index (χ1v) is 8.83. The Labute approximate surface area is 150 Å². The highest BCUT2D eigenvalue weighted by Crippen LogP contribution is 2.34. The number of aryl methyl sites for hydroxylation is 1. The third kappa shape index (κ3) is 4.01. The minimum atomic E-state index is -0.0660. The lowest BCUT2D eigenvalue weighted by molar-refractivity contribution is 0.302. The van der Waals surface area contributed by atoms with Crippen LogP contribution in [0.3, 0.4) is 0 Å². The van der Waals surface area contributed by atoms with Gasteiger partial charge in [-0.05, 0) is 38.7 Å². The minimum Gasteiger partial charge on any atom is -0.364 e. The zero-order chi connectivity index (χ0) is 18.2. The van der Waals surface area contributed by atoms with Crippen LogP contribution in [0.25, 0.3) is 17.0 Å². The number of hydrogen-bond donors (Lipinski definition) is 1. The summed E-state index contributed by atoms with van der Waals surface area (Å²) in [6.07, 6.45) is 4.84. The van der Waals surface area contributed by atoms with Gasteiger partial charge in [-0.15, -0.1) is 0 Å². The summed E-state index contributed by atoms with van der Waals surface area (Å²) in [5.41, 5.74) is 3.46. The van der Waals surface area contributed by atoms with Crippen molar-refractivity contribution in [2.45, 2.75) is 53.5 Å². The lowest BCUT2D eigenvalue weighted by Crippen LogP contribution is -2.36. The fraction of sp³-hybridized carbons (Fsp3) is 0.429. The quantitative estimate of drug-likeness (QED) is 0.700. The number of aromatic nitrogens is 3. The lowest BCUT2D eigenvalue weighted by atomic mass is 9.82. The van der Waals surface area contributed by atoms with Crippen LogP contribution in [-0.4, -0.2) is 19.9 Å². The molecular weight excluding hydrogens is 308 g/mol. The van der Waals surface area contributed by atoms with Crippen molar-refractivity contribution in [2.75, 3.05) is 5.32 Å². The molecule has 0 fully saturated rings. The number of fused-ring (bicyclic) bond motifs is 1. The van der Waals surface area contributed by atoms with Gasteiger partial charge in [-0.2, -0.15) is 0 Å². The van der Waals surface area contributed by atoms with Gasteiger partial charge in [0.05, 0.1) is 0 Å². The largest absolute Gasteiger partial charge is 0.364 e. The number of imidazole rings is 1. The van der Waals surface area contributed by atoms with E-state index in [0.717, 1.165) is 23.5 Å². The van der Waals surface area contributed by atoms with Gasteiger partial charge < -0.3 is 5.32 Å². The summed E-state index contributed by atoms with van der Waals surface area (Å²) < 4.78 is 2.04. The number of anilines is 1. The molecule has 4 heteroatoms. The number of hydrogen-bond acceptors (Lipinski definition) is 3. The van der Waals surface area contributed by atoms with E-state index in [1.165, 1.54) is 5.56 Å². The molecule has 0 saturated heterocycles. The Balaban J connectivity index is 2.09. The predicted molar refractivity (Wildman–Crippen MR) is 105 cm³/mol. The second-order valence-corrected chi connectivity index (χ2v) is 8.71. The molecule has 0 aliphatic rings.